The molecule has 0 unspecified atom stereocenters. The molecule has 0 bridgehead atoms. The van der Waals surface area contributed by atoms with Crippen molar-refractivity contribution in [3.05, 3.63) is 99.5 Å². The number of hydrogen-bond donors (Lipinski definition) is 0. The molecular formula is C19H13NO4. The van der Waals surface area contributed by atoms with Crippen molar-refractivity contribution in [2.24, 2.45) is 0 Å². The molecule has 1 heterocycles. The molecule has 0 spiro atoms. The smallest absolute Gasteiger partial charge is 0.280 e. The maximum Gasteiger partial charge on any atom is 0.280 e. The van der Waals surface area contributed by atoms with Crippen LogP contribution in [0.15, 0.2) is 71.3 Å². The van der Waals surface area contributed by atoms with Crippen LogP contribution in [0.25, 0.3) is 12.2 Å². The molecule has 24 heavy (non-hydrogen) atoms. The Balaban J connectivity index is 2.00. The minimum absolute atomic E-state index is 0.0628. The van der Waals surface area contributed by atoms with Crippen LogP contribution < -0.4 is 0 Å². The van der Waals surface area contributed by atoms with Crippen LogP contribution in [-0.4, -0.2) is 10.7 Å². The van der Waals surface area contributed by atoms with E-state index in [0.717, 1.165) is 0 Å². The summed E-state index contributed by atoms with van der Waals surface area (Å²) in [6.07, 6.45) is 5.03. The van der Waals surface area contributed by atoms with Crippen molar-refractivity contribution in [2.75, 3.05) is 0 Å². The molecule has 0 atom stereocenters. The molecule has 0 fully saturated rings. The fraction of sp³-hybridized carbons (Fsp3) is 0. The summed E-state index contributed by atoms with van der Waals surface area (Å²) in [5, 5.41) is 11.2. The maximum absolute atomic E-state index is 12.6. The maximum atomic E-state index is 12.6. The quantitative estimate of drug-likeness (QED) is 0.392. The zero-order valence-electron chi connectivity index (χ0n) is 12.6. The van der Waals surface area contributed by atoms with E-state index in [9.17, 15) is 14.9 Å². The van der Waals surface area contributed by atoms with Crippen LogP contribution in [0.1, 0.15) is 27.2 Å². The van der Waals surface area contributed by atoms with Gasteiger partial charge in [-0.25, -0.2) is 0 Å². The average Bonchev–Trinajstić information content (AvgIpc) is 3.13. The second-order valence-corrected chi connectivity index (χ2v) is 5.08. The summed E-state index contributed by atoms with van der Waals surface area (Å²) in [6, 6.07) is 16.5. The molecule has 0 saturated carbocycles. The van der Waals surface area contributed by atoms with Gasteiger partial charge in [0.25, 0.3) is 5.69 Å². The fourth-order valence-corrected chi connectivity index (χ4v) is 2.31. The standard InChI is InChI=1S/C19H13NO4/c21-19(15-5-2-1-3-6-15)17-13-14(9-11-18(17)20(22)23)8-10-16-7-4-12-24-16/h1-13H/b10-8+. The summed E-state index contributed by atoms with van der Waals surface area (Å²) in [4.78, 5) is 23.3. The van der Waals surface area contributed by atoms with Gasteiger partial charge in [0.15, 0.2) is 5.78 Å². The summed E-state index contributed by atoms with van der Waals surface area (Å²) in [5.74, 6) is 0.278. The zero-order valence-corrected chi connectivity index (χ0v) is 12.6. The van der Waals surface area contributed by atoms with Crippen molar-refractivity contribution in [3.63, 3.8) is 0 Å². The van der Waals surface area contributed by atoms with Crippen molar-refractivity contribution < 1.29 is 14.1 Å². The Morgan fingerprint density at radius 3 is 2.46 bits per heavy atom. The topological polar surface area (TPSA) is 73.3 Å². The molecule has 0 aliphatic carbocycles. The van der Waals surface area contributed by atoms with Gasteiger partial charge in [0.2, 0.25) is 0 Å². The highest BCUT2D eigenvalue weighted by Gasteiger charge is 2.21. The summed E-state index contributed by atoms with van der Waals surface area (Å²) in [7, 11) is 0. The van der Waals surface area contributed by atoms with E-state index in [0.29, 0.717) is 16.9 Å². The van der Waals surface area contributed by atoms with Crippen LogP contribution in [0.2, 0.25) is 0 Å². The molecule has 0 saturated heterocycles. The lowest BCUT2D eigenvalue weighted by Crippen LogP contribution is -2.05. The number of furan rings is 1. The van der Waals surface area contributed by atoms with Gasteiger partial charge in [0.1, 0.15) is 11.3 Å². The van der Waals surface area contributed by atoms with E-state index in [1.165, 1.54) is 12.1 Å². The highest BCUT2D eigenvalue weighted by Crippen LogP contribution is 2.24. The number of nitro benzene ring substituents is 1. The number of hydrogen-bond acceptors (Lipinski definition) is 4. The molecule has 0 N–H and O–H groups in total. The molecule has 118 valence electrons. The van der Waals surface area contributed by atoms with E-state index in [4.69, 9.17) is 4.42 Å². The number of rotatable bonds is 5. The van der Waals surface area contributed by atoms with Crippen molar-refractivity contribution in [3.8, 4) is 0 Å². The van der Waals surface area contributed by atoms with Crippen LogP contribution in [-0.2, 0) is 0 Å². The van der Waals surface area contributed by atoms with Gasteiger partial charge < -0.3 is 4.42 Å². The average molecular weight is 319 g/mol. The van der Waals surface area contributed by atoms with E-state index in [1.54, 1.807) is 66.9 Å². The molecule has 3 rings (SSSR count). The van der Waals surface area contributed by atoms with Crippen LogP contribution in [0.5, 0.6) is 0 Å². The lowest BCUT2D eigenvalue weighted by Gasteiger charge is -2.04. The molecule has 1 aromatic heterocycles. The Morgan fingerprint density at radius 2 is 1.79 bits per heavy atom. The summed E-state index contributed by atoms with van der Waals surface area (Å²) >= 11 is 0. The number of nitrogens with zero attached hydrogens (tertiary/aromatic N) is 1. The van der Waals surface area contributed by atoms with Gasteiger partial charge in [-0.1, -0.05) is 36.4 Å². The number of benzene rings is 2. The van der Waals surface area contributed by atoms with Crippen molar-refractivity contribution in [1.29, 1.82) is 0 Å². The molecular weight excluding hydrogens is 306 g/mol. The first-order valence-corrected chi connectivity index (χ1v) is 7.25. The van der Waals surface area contributed by atoms with Crippen LogP contribution >= 0.6 is 0 Å². The summed E-state index contributed by atoms with van der Waals surface area (Å²) in [5.41, 5.74) is 0.941. The largest absolute Gasteiger partial charge is 0.465 e. The van der Waals surface area contributed by atoms with Crippen LogP contribution in [0.3, 0.4) is 0 Å². The highest BCUT2D eigenvalue weighted by atomic mass is 16.6. The van der Waals surface area contributed by atoms with Crippen LogP contribution in [0, 0.1) is 10.1 Å². The predicted octanol–water partition coefficient (Wildman–Crippen LogP) is 4.59. The predicted molar refractivity (Wildman–Crippen MR) is 90.6 cm³/mol. The molecule has 3 aromatic rings. The van der Waals surface area contributed by atoms with E-state index in [2.05, 4.69) is 0 Å². The van der Waals surface area contributed by atoms with Gasteiger partial charge in [0, 0.05) is 11.6 Å². The van der Waals surface area contributed by atoms with Crippen molar-refractivity contribution in [1.82, 2.24) is 0 Å². The summed E-state index contributed by atoms with van der Waals surface area (Å²) in [6.45, 7) is 0. The Hall–Kier alpha value is -3.47. The molecule has 5 nitrogen and oxygen atoms in total. The monoisotopic (exact) mass is 319 g/mol. The van der Waals surface area contributed by atoms with Gasteiger partial charge in [-0.15, -0.1) is 0 Å². The molecule has 5 heteroatoms. The van der Waals surface area contributed by atoms with Gasteiger partial charge in [-0.05, 0) is 35.9 Å². The molecule has 0 aliphatic heterocycles. The highest BCUT2D eigenvalue weighted by molar-refractivity contribution is 6.11. The Bertz CT molecular complexity index is 896. The lowest BCUT2D eigenvalue weighted by molar-refractivity contribution is -0.385. The first kappa shape index (κ1) is 15.4. The van der Waals surface area contributed by atoms with Gasteiger partial charge in [-0.2, -0.15) is 0 Å². The fourth-order valence-electron chi connectivity index (χ4n) is 2.31. The number of carbonyl (C=O) groups excluding carboxylic acids is 1. The second-order valence-electron chi connectivity index (χ2n) is 5.08. The third kappa shape index (κ3) is 3.30. The number of ketones is 1. The second kappa shape index (κ2) is 6.75. The molecule has 0 amide bonds. The van der Waals surface area contributed by atoms with E-state index >= 15 is 0 Å². The summed E-state index contributed by atoms with van der Waals surface area (Å²) < 4.78 is 5.20. The van der Waals surface area contributed by atoms with Gasteiger partial charge in [0.05, 0.1) is 11.2 Å². The van der Waals surface area contributed by atoms with Crippen molar-refractivity contribution in [2.45, 2.75) is 0 Å². The Morgan fingerprint density at radius 1 is 1.00 bits per heavy atom. The van der Waals surface area contributed by atoms with Gasteiger partial charge >= 0.3 is 0 Å². The van der Waals surface area contributed by atoms with E-state index in [1.807, 2.05) is 0 Å². The third-order valence-electron chi connectivity index (χ3n) is 3.48. The lowest BCUT2D eigenvalue weighted by atomic mass is 9.99. The minimum Gasteiger partial charge on any atom is -0.465 e. The molecule has 0 radical (unpaired) electrons. The van der Waals surface area contributed by atoms with Crippen molar-refractivity contribution >= 4 is 23.6 Å². The normalized spacial score (nSPS) is 10.8. The number of carbonyl (C=O) groups is 1. The minimum atomic E-state index is -0.545. The first-order valence-electron chi connectivity index (χ1n) is 7.25. The SMILES string of the molecule is O=C(c1ccccc1)c1cc(/C=C/c2ccco2)ccc1[N+](=O)[O-]. The third-order valence-corrected chi connectivity index (χ3v) is 3.48. The zero-order chi connectivity index (χ0) is 16.9. The van der Waals surface area contributed by atoms with Crippen LogP contribution in [0.4, 0.5) is 5.69 Å². The van der Waals surface area contributed by atoms with E-state index < -0.39 is 4.92 Å². The number of nitro groups is 1. The molecule has 0 aliphatic rings. The Kier molecular flexibility index (Phi) is 4.34. The first-order chi connectivity index (χ1) is 11.6. The Labute approximate surface area is 138 Å². The molecule has 2 aromatic carbocycles. The van der Waals surface area contributed by atoms with Gasteiger partial charge in [-0.3, -0.25) is 14.9 Å². The van der Waals surface area contributed by atoms with E-state index in [-0.39, 0.29) is 17.0 Å².